The van der Waals surface area contributed by atoms with Crippen molar-refractivity contribution in [1.29, 1.82) is 5.26 Å². The number of alkyl halides is 2. The zero-order valence-electron chi connectivity index (χ0n) is 8.63. The minimum atomic E-state index is -2.75. The maximum atomic E-state index is 13.4. The van der Waals surface area contributed by atoms with E-state index >= 15 is 0 Å². The second-order valence-corrected chi connectivity index (χ2v) is 3.49. The lowest BCUT2D eigenvalue weighted by Gasteiger charge is -2.15. The molecule has 15 heavy (non-hydrogen) atoms. The molecular formula is C12H13F2N. The van der Waals surface area contributed by atoms with Gasteiger partial charge in [0.1, 0.15) is 0 Å². The SMILES string of the molecule is CCCC(F)(F)c1ccc(CC#N)cc1. The van der Waals surface area contributed by atoms with Crippen LogP contribution in [-0.4, -0.2) is 0 Å². The Hall–Kier alpha value is -1.43. The number of hydrogen-bond donors (Lipinski definition) is 0. The fourth-order valence-corrected chi connectivity index (χ4v) is 1.42. The van der Waals surface area contributed by atoms with E-state index in [-0.39, 0.29) is 18.4 Å². The predicted octanol–water partition coefficient (Wildman–Crippen LogP) is 3.64. The van der Waals surface area contributed by atoms with Gasteiger partial charge in [-0.1, -0.05) is 37.6 Å². The van der Waals surface area contributed by atoms with Gasteiger partial charge in [-0.3, -0.25) is 0 Å². The summed E-state index contributed by atoms with van der Waals surface area (Å²) in [5.74, 6) is -2.75. The van der Waals surface area contributed by atoms with Crippen LogP contribution in [0.3, 0.4) is 0 Å². The van der Waals surface area contributed by atoms with E-state index in [9.17, 15) is 8.78 Å². The van der Waals surface area contributed by atoms with Crippen LogP contribution in [0.2, 0.25) is 0 Å². The van der Waals surface area contributed by atoms with Gasteiger partial charge in [-0.15, -0.1) is 0 Å². The first-order chi connectivity index (χ1) is 7.10. The molecule has 0 aliphatic heterocycles. The lowest BCUT2D eigenvalue weighted by molar-refractivity contribution is -0.0140. The highest BCUT2D eigenvalue weighted by atomic mass is 19.3. The summed E-state index contributed by atoms with van der Waals surface area (Å²) in [4.78, 5) is 0. The molecule has 0 saturated heterocycles. The first-order valence-electron chi connectivity index (χ1n) is 4.94. The largest absolute Gasteiger partial charge is 0.273 e. The summed E-state index contributed by atoms with van der Waals surface area (Å²) in [5.41, 5.74) is 0.805. The van der Waals surface area contributed by atoms with Crippen molar-refractivity contribution in [3.63, 3.8) is 0 Å². The van der Waals surface area contributed by atoms with E-state index in [1.807, 2.05) is 6.07 Å². The zero-order valence-corrected chi connectivity index (χ0v) is 8.63. The first-order valence-corrected chi connectivity index (χ1v) is 4.94. The molecule has 0 atom stereocenters. The Labute approximate surface area is 88.3 Å². The molecule has 0 amide bonds. The van der Waals surface area contributed by atoms with E-state index in [0.29, 0.717) is 6.42 Å². The number of nitrogens with zero attached hydrogens (tertiary/aromatic N) is 1. The molecule has 0 heterocycles. The van der Waals surface area contributed by atoms with Gasteiger partial charge >= 0.3 is 0 Å². The summed E-state index contributed by atoms with van der Waals surface area (Å²) in [5, 5.41) is 8.43. The Kier molecular flexibility index (Phi) is 3.79. The van der Waals surface area contributed by atoms with Gasteiger partial charge < -0.3 is 0 Å². The fourth-order valence-electron chi connectivity index (χ4n) is 1.42. The molecule has 0 fully saturated rings. The fraction of sp³-hybridized carbons (Fsp3) is 0.417. The Morgan fingerprint density at radius 1 is 1.27 bits per heavy atom. The Balaban J connectivity index is 2.84. The van der Waals surface area contributed by atoms with Crippen molar-refractivity contribution in [2.75, 3.05) is 0 Å². The number of nitriles is 1. The van der Waals surface area contributed by atoms with E-state index < -0.39 is 5.92 Å². The number of hydrogen-bond acceptors (Lipinski definition) is 1. The van der Waals surface area contributed by atoms with Crippen molar-refractivity contribution in [1.82, 2.24) is 0 Å². The average Bonchev–Trinajstić information content (AvgIpc) is 2.19. The van der Waals surface area contributed by atoms with Crippen LogP contribution in [0.1, 0.15) is 30.9 Å². The first kappa shape index (κ1) is 11.6. The third-order valence-electron chi connectivity index (χ3n) is 2.22. The molecule has 3 heteroatoms. The van der Waals surface area contributed by atoms with Crippen molar-refractivity contribution in [2.24, 2.45) is 0 Å². The maximum absolute atomic E-state index is 13.4. The molecule has 1 aromatic carbocycles. The van der Waals surface area contributed by atoms with Gasteiger partial charge in [0.05, 0.1) is 12.5 Å². The van der Waals surface area contributed by atoms with E-state index in [0.717, 1.165) is 5.56 Å². The minimum absolute atomic E-state index is 0.0334. The highest BCUT2D eigenvalue weighted by molar-refractivity contribution is 5.27. The van der Waals surface area contributed by atoms with Crippen LogP contribution in [0, 0.1) is 11.3 Å². The molecule has 0 spiro atoms. The van der Waals surface area contributed by atoms with Gasteiger partial charge in [-0.2, -0.15) is 5.26 Å². The minimum Gasteiger partial charge on any atom is -0.201 e. The summed E-state index contributed by atoms with van der Waals surface area (Å²) < 4.78 is 26.8. The van der Waals surface area contributed by atoms with Crippen LogP contribution >= 0.6 is 0 Å². The normalized spacial score (nSPS) is 11.1. The summed E-state index contributed by atoms with van der Waals surface area (Å²) in [7, 11) is 0. The summed E-state index contributed by atoms with van der Waals surface area (Å²) in [6.07, 6.45) is 0.581. The van der Waals surface area contributed by atoms with Crippen molar-refractivity contribution in [2.45, 2.75) is 32.1 Å². The van der Waals surface area contributed by atoms with Crippen LogP contribution in [0.4, 0.5) is 8.78 Å². The van der Waals surface area contributed by atoms with Crippen molar-refractivity contribution in [3.8, 4) is 6.07 Å². The molecule has 0 bridgehead atoms. The van der Waals surface area contributed by atoms with E-state index in [4.69, 9.17) is 5.26 Å². The Morgan fingerprint density at radius 3 is 2.33 bits per heavy atom. The average molecular weight is 209 g/mol. The van der Waals surface area contributed by atoms with Crippen molar-refractivity contribution in [3.05, 3.63) is 35.4 Å². The van der Waals surface area contributed by atoms with Crippen molar-refractivity contribution < 1.29 is 8.78 Å². The van der Waals surface area contributed by atoms with Crippen LogP contribution in [0.25, 0.3) is 0 Å². The van der Waals surface area contributed by atoms with E-state index in [2.05, 4.69) is 0 Å². The highest BCUT2D eigenvalue weighted by Gasteiger charge is 2.29. The van der Waals surface area contributed by atoms with Crippen LogP contribution < -0.4 is 0 Å². The number of rotatable bonds is 4. The topological polar surface area (TPSA) is 23.8 Å². The molecule has 0 radical (unpaired) electrons. The third-order valence-corrected chi connectivity index (χ3v) is 2.22. The van der Waals surface area contributed by atoms with E-state index in [1.54, 1.807) is 19.1 Å². The predicted molar refractivity (Wildman–Crippen MR) is 54.6 cm³/mol. The molecular weight excluding hydrogens is 196 g/mol. The smallest absolute Gasteiger partial charge is 0.201 e. The second kappa shape index (κ2) is 4.88. The molecule has 0 saturated carbocycles. The number of halogens is 2. The van der Waals surface area contributed by atoms with Gasteiger partial charge in [-0.05, 0) is 5.56 Å². The summed E-state index contributed by atoms with van der Waals surface area (Å²) in [6.45, 7) is 1.73. The Morgan fingerprint density at radius 2 is 1.87 bits per heavy atom. The molecule has 0 N–H and O–H groups in total. The van der Waals surface area contributed by atoms with Crippen LogP contribution in [-0.2, 0) is 12.3 Å². The van der Waals surface area contributed by atoms with Crippen LogP contribution in [0.5, 0.6) is 0 Å². The van der Waals surface area contributed by atoms with Gasteiger partial charge in [0.15, 0.2) is 0 Å². The third kappa shape index (κ3) is 3.02. The molecule has 1 nitrogen and oxygen atoms in total. The summed E-state index contributed by atoms with van der Waals surface area (Å²) >= 11 is 0. The lowest BCUT2D eigenvalue weighted by Crippen LogP contribution is -2.12. The van der Waals surface area contributed by atoms with E-state index in [1.165, 1.54) is 12.1 Å². The van der Waals surface area contributed by atoms with Gasteiger partial charge in [0, 0.05) is 12.0 Å². The number of benzene rings is 1. The molecule has 0 aliphatic rings. The lowest BCUT2D eigenvalue weighted by atomic mass is 10.0. The molecule has 0 aromatic heterocycles. The molecule has 0 unspecified atom stereocenters. The molecule has 0 aliphatic carbocycles. The van der Waals surface area contributed by atoms with Gasteiger partial charge in [0.2, 0.25) is 0 Å². The zero-order chi connectivity index (χ0) is 11.3. The quantitative estimate of drug-likeness (QED) is 0.742. The Bertz CT molecular complexity index is 349. The van der Waals surface area contributed by atoms with Crippen LogP contribution in [0.15, 0.2) is 24.3 Å². The highest BCUT2D eigenvalue weighted by Crippen LogP contribution is 2.32. The van der Waals surface area contributed by atoms with Crippen molar-refractivity contribution >= 4 is 0 Å². The van der Waals surface area contributed by atoms with Gasteiger partial charge in [-0.25, -0.2) is 8.78 Å². The molecule has 80 valence electrons. The second-order valence-electron chi connectivity index (χ2n) is 3.49. The standard InChI is InChI=1S/C12H13F2N/c1-2-8-12(13,14)11-5-3-10(4-6-11)7-9-15/h3-6H,2,7-8H2,1H3. The van der Waals surface area contributed by atoms with Gasteiger partial charge in [0.25, 0.3) is 5.92 Å². The summed E-state index contributed by atoms with van der Waals surface area (Å²) in [6, 6.07) is 7.96. The molecule has 1 aromatic rings. The maximum Gasteiger partial charge on any atom is 0.273 e. The monoisotopic (exact) mass is 209 g/mol. The molecule has 1 rings (SSSR count).